The van der Waals surface area contributed by atoms with Gasteiger partial charge in [-0.05, 0) is 37.8 Å². The molecule has 0 aliphatic carbocycles. The summed E-state index contributed by atoms with van der Waals surface area (Å²) in [5.41, 5.74) is 1.48. The predicted molar refractivity (Wildman–Crippen MR) is 84.1 cm³/mol. The van der Waals surface area contributed by atoms with Gasteiger partial charge in [0.05, 0.1) is 11.5 Å². The number of nitro groups is 1. The van der Waals surface area contributed by atoms with Crippen LogP contribution in [0.15, 0.2) is 18.2 Å². The highest BCUT2D eigenvalue weighted by Crippen LogP contribution is 2.37. The summed E-state index contributed by atoms with van der Waals surface area (Å²) in [5, 5.41) is 14.6. The molecule has 0 amide bonds. The highest BCUT2D eigenvalue weighted by Gasteiger charge is 2.27. The van der Waals surface area contributed by atoms with Crippen LogP contribution >= 0.6 is 0 Å². The van der Waals surface area contributed by atoms with Gasteiger partial charge in [0, 0.05) is 26.7 Å². The SMILES string of the molecule is CCNc1cccc(N2CCCC(COC)C2)c1[N+](=O)[O-]. The topological polar surface area (TPSA) is 67.6 Å². The first-order valence-electron chi connectivity index (χ1n) is 7.42. The molecule has 0 saturated carbocycles. The molecule has 1 aromatic carbocycles. The number of methoxy groups -OCH3 is 1. The third-order valence-electron chi connectivity index (χ3n) is 3.83. The first-order chi connectivity index (χ1) is 10.2. The fraction of sp³-hybridized carbons (Fsp3) is 0.600. The Bertz CT molecular complexity index is 491. The van der Waals surface area contributed by atoms with Gasteiger partial charge in [-0.2, -0.15) is 0 Å². The molecule has 1 saturated heterocycles. The van der Waals surface area contributed by atoms with Crippen molar-refractivity contribution >= 4 is 17.1 Å². The van der Waals surface area contributed by atoms with E-state index in [1.807, 2.05) is 19.1 Å². The van der Waals surface area contributed by atoms with E-state index >= 15 is 0 Å². The molecule has 1 aromatic rings. The molecule has 0 aromatic heterocycles. The Hall–Kier alpha value is -1.82. The molecule has 116 valence electrons. The fourth-order valence-corrected chi connectivity index (χ4v) is 2.97. The Morgan fingerprint density at radius 3 is 3.00 bits per heavy atom. The number of piperidine rings is 1. The lowest BCUT2D eigenvalue weighted by atomic mass is 9.98. The van der Waals surface area contributed by atoms with E-state index in [-0.39, 0.29) is 10.6 Å². The van der Waals surface area contributed by atoms with Crippen LogP contribution in [0, 0.1) is 16.0 Å². The monoisotopic (exact) mass is 293 g/mol. The van der Waals surface area contributed by atoms with Crippen molar-refractivity contribution in [1.29, 1.82) is 0 Å². The quantitative estimate of drug-likeness (QED) is 0.645. The van der Waals surface area contributed by atoms with Crippen LogP contribution in [-0.4, -0.2) is 38.3 Å². The van der Waals surface area contributed by atoms with Gasteiger partial charge in [0.25, 0.3) is 0 Å². The van der Waals surface area contributed by atoms with Gasteiger partial charge < -0.3 is 15.0 Å². The number of para-hydroxylation sites is 1. The summed E-state index contributed by atoms with van der Waals surface area (Å²) in [6.07, 6.45) is 2.15. The Morgan fingerprint density at radius 1 is 1.52 bits per heavy atom. The van der Waals surface area contributed by atoms with Gasteiger partial charge in [0.2, 0.25) is 0 Å². The fourth-order valence-electron chi connectivity index (χ4n) is 2.97. The number of nitrogens with one attached hydrogen (secondary N) is 1. The van der Waals surface area contributed by atoms with Crippen molar-refractivity contribution in [2.75, 3.05) is 43.6 Å². The molecular formula is C15H23N3O3. The molecule has 0 radical (unpaired) electrons. The number of anilines is 2. The Morgan fingerprint density at radius 2 is 2.33 bits per heavy atom. The second-order valence-corrected chi connectivity index (χ2v) is 5.37. The maximum atomic E-state index is 11.5. The van der Waals surface area contributed by atoms with Gasteiger partial charge in [0.1, 0.15) is 11.4 Å². The molecule has 1 aliphatic rings. The second-order valence-electron chi connectivity index (χ2n) is 5.37. The van der Waals surface area contributed by atoms with Gasteiger partial charge in [-0.15, -0.1) is 0 Å². The van der Waals surface area contributed by atoms with Crippen molar-refractivity contribution in [3.8, 4) is 0 Å². The lowest BCUT2D eigenvalue weighted by Crippen LogP contribution is -2.37. The molecule has 1 atom stereocenters. The van der Waals surface area contributed by atoms with Crippen LogP contribution in [0.5, 0.6) is 0 Å². The molecule has 1 unspecified atom stereocenters. The molecule has 6 nitrogen and oxygen atoms in total. The standard InChI is InChI=1S/C15H23N3O3/c1-3-16-13-7-4-8-14(15(13)18(19)20)17-9-5-6-12(10-17)11-21-2/h4,7-8,12,16H,3,5-6,9-11H2,1-2H3. The minimum Gasteiger partial charge on any atom is -0.384 e. The average Bonchev–Trinajstić information content (AvgIpc) is 2.48. The minimum absolute atomic E-state index is 0.178. The van der Waals surface area contributed by atoms with Crippen LogP contribution in [0.4, 0.5) is 17.1 Å². The van der Waals surface area contributed by atoms with Gasteiger partial charge in [0.15, 0.2) is 0 Å². The zero-order valence-corrected chi connectivity index (χ0v) is 12.7. The van der Waals surface area contributed by atoms with Crippen LogP contribution in [0.1, 0.15) is 19.8 Å². The number of benzene rings is 1. The number of hydrogen-bond donors (Lipinski definition) is 1. The number of hydrogen-bond acceptors (Lipinski definition) is 5. The average molecular weight is 293 g/mol. The van der Waals surface area contributed by atoms with E-state index in [1.54, 1.807) is 13.2 Å². The van der Waals surface area contributed by atoms with E-state index in [0.717, 1.165) is 25.9 Å². The molecule has 1 aliphatic heterocycles. The Kier molecular flexibility index (Phi) is 5.38. The predicted octanol–water partition coefficient (Wildman–Crippen LogP) is 2.89. The van der Waals surface area contributed by atoms with Crippen LogP contribution in [0.2, 0.25) is 0 Å². The van der Waals surface area contributed by atoms with Gasteiger partial charge in [-0.3, -0.25) is 10.1 Å². The van der Waals surface area contributed by atoms with Crippen LogP contribution in [0.3, 0.4) is 0 Å². The number of ether oxygens (including phenoxy) is 1. The van der Waals surface area contributed by atoms with E-state index in [0.29, 0.717) is 30.4 Å². The minimum atomic E-state index is -0.284. The van der Waals surface area contributed by atoms with Crippen molar-refractivity contribution in [3.63, 3.8) is 0 Å². The zero-order chi connectivity index (χ0) is 15.2. The summed E-state index contributed by atoms with van der Waals surface area (Å²) in [4.78, 5) is 13.3. The van der Waals surface area contributed by atoms with Crippen LogP contribution in [-0.2, 0) is 4.74 Å². The van der Waals surface area contributed by atoms with Crippen LogP contribution < -0.4 is 10.2 Å². The molecule has 1 N–H and O–H groups in total. The van der Waals surface area contributed by atoms with Crippen molar-refractivity contribution in [3.05, 3.63) is 28.3 Å². The molecule has 0 bridgehead atoms. The van der Waals surface area contributed by atoms with Crippen molar-refractivity contribution in [2.45, 2.75) is 19.8 Å². The maximum absolute atomic E-state index is 11.5. The normalized spacial score (nSPS) is 18.6. The third kappa shape index (κ3) is 3.64. The summed E-state index contributed by atoms with van der Waals surface area (Å²) >= 11 is 0. The van der Waals surface area contributed by atoms with Crippen molar-refractivity contribution in [1.82, 2.24) is 0 Å². The Labute approximate surface area is 125 Å². The molecule has 0 spiro atoms. The van der Waals surface area contributed by atoms with E-state index in [2.05, 4.69) is 10.2 Å². The largest absolute Gasteiger partial charge is 0.384 e. The maximum Gasteiger partial charge on any atom is 0.315 e. The number of nitrogens with zero attached hydrogens (tertiary/aromatic N) is 2. The molecular weight excluding hydrogens is 270 g/mol. The first kappa shape index (κ1) is 15.6. The first-order valence-corrected chi connectivity index (χ1v) is 7.42. The summed E-state index contributed by atoms with van der Waals surface area (Å²) in [7, 11) is 1.70. The molecule has 1 fully saturated rings. The smallest absolute Gasteiger partial charge is 0.315 e. The Balaban J connectivity index is 2.29. The van der Waals surface area contributed by atoms with Gasteiger partial charge in [-0.1, -0.05) is 6.07 Å². The van der Waals surface area contributed by atoms with Gasteiger partial charge >= 0.3 is 5.69 Å². The molecule has 21 heavy (non-hydrogen) atoms. The summed E-state index contributed by atoms with van der Waals surface area (Å²) in [6.45, 7) is 4.97. The number of rotatable bonds is 6. The lowest BCUT2D eigenvalue weighted by molar-refractivity contribution is -0.383. The summed E-state index contributed by atoms with van der Waals surface area (Å²) in [5.74, 6) is 0.436. The van der Waals surface area contributed by atoms with Crippen molar-refractivity contribution in [2.24, 2.45) is 5.92 Å². The van der Waals surface area contributed by atoms with E-state index < -0.39 is 0 Å². The highest BCUT2D eigenvalue weighted by atomic mass is 16.6. The molecule has 1 heterocycles. The molecule has 6 heteroatoms. The van der Waals surface area contributed by atoms with Gasteiger partial charge in [-0.25, -0.2) is 0 Å². The van der Waals surface area contributed by atoms with Crippen molar-refractivity contribution < 1.29 is 9.66 Å². The van der Waals surface area contributed by atoms with E-state index in [4.69, 9.17) is 4.74 Å². The lowest BCUT2D eigenvalue weighted by Gasteiger charge is -2.34. The second kappa shape index (κ2) is 7.26. The molecule has 2 rings (SSSR count). The van der Waals surface area contributed by atoms with Crippen LogP contribution in [0.25, 0.3) is 0 Å². The summed E-state index contributed by atoms with van der Waals surface area (Å²) < 4.78 is 5.23. The summed E-state index contributed by atoms with van der Waals surface area (Å²) in [6, 6.07) is 5.48. The third-order valence-corrected chi connectivity index (χ3v) is 3.83. The number of nitro benzene ring substituents is 1. The zero-order valence-electron chi connectivity index (χ0n) is 12.7. The van der Waals surface area contributed by atoms with E-state index in [9.17, 15) is 10.1 Å². The highest BCUT2D eigenvalue weighted by molar-refractivity contribution is 5.77. The van der Waals surface area contributed by atoms with E-state index in [1.165, 1.54) is 0 Å².